The second kappa shape index (κ2) is 5.17. The van der Waals surface area contributed by atoms with Crippen LogP contribution in [0.25, 0.3) is 10.1 Å². The summed E-state index contributed by atoms with van der Waals surface area (Å²) in [6.07, 6.45) is 0. The molecule has 3 N–H and O–H groups in total. The van der Waals surface area contributed by atoms with Crippen molar-refractivity contribution in [2.45, 2.75) is 6.04 Å². The summed E-state index contributed by atoms with van der Waals surface area (Å²) in [4.78, 5) is 15.1. The lowest BCUT2D eigenvalue weighted by molar-refractivity contribution is 0.0654. The Labute approximate surface area is 137 Å². The maximum atomic E-state index is 12.7. The van der Waals surface area contributed by atoms with Crippen LogP contribution in [0, 0.1) is 0 Å². The van der Waals surface area contributed by atoms with E-state index in [0.29, 0.717) is 36.7 Å². The molecule has 122 valence electrons. The molecule has 1 aromatic heterocycles. The molecule has 9 heteroatoms. The molecule has 1 unspecified atom stereocenters. The number of anilines is 1. The fourth-order valence-corrected chi connectivity index (χ4v) is 5.55. The lowest BCUT2D eigenvalue weighted by Gasteiger charge is -2.35. The number of thiophene rings is 1. The third-order valence-corrected chi connectivity index (χ3v) is 7.01. The summed E-state index contributed by atoms with van der Waals surface area (Å²) >= 11 is 1.44. The van der Waals surface area contributed by atoms with Gasteiger partial charge in [0.15, 0.2) is 0 Å². The van der Waals surface area contributed by atoms with Crippen molar-refractivity contribution in [1.29, 1.82) is 0 Å². The van der Waals surface area contributed by atoms with Crippen molar-refractivity contribution in [3.63, 3.8) is 0 Å². The minimum atomic E-state index is -3.35. The third kappa shape index (κ3) is 2.49. The molecule has 2 fully saturated rings. The zero-order valence-electron chi connectivity index (χ0n) is 12.2. The molecule has 23 heavy (non-hydrogen) atoms. The van der Waals surface area contributed by atoms with Crippen LogP contribution in [0.15, 0.2) is 24.3 Å². The van der Waals surface area contributed by atoms with Gasteiger partial charge in [-0.25, -0.2) is 4.72 Å². The number of nitrogens with one attached hydrogen (secondary N) is 1. The van der Waals surface area contributed by atoms with Crippen LogP contribution in [-0.4, -0.2) is 55.8 Å². The van der Waals surface area contributed by atoms with Crippen LogP contribution >= 0.6 is 11.3 Å². The Balaban J connectivity index is 1.57. The van der Waals surface area contributed by atoms with E-state index < -0.39 is 10.2 Å². The molecule has 1 atom stereocenters. The first kappa shape index (κ1) is 14.9. The number of carbonyl (C=O) groups is 1. The highest BCUT2D eigenvalue weighted by Gasteiger charge is 2.41. The number of nitrogens with zero attached hydrogens (tertiary/aromatic N) is 2. The molecule has 0 bridgehead atoms. The summed E-state index contributed by atoms with van der Waals surface area (Å²) in [5, 5.41) is 0.960. The second-order valence-electron chi connectivity index (χ2n) is 5.78. The van der Waals surface area contributed by atoms with Crippen molar-refractivity contribution in [2.24, 2.45) is 0 Å². The van der Waals surface area contributed by atoms with Gasteiger partial charge in [-0.2, -0.15) is 12.7 Å². The minimum absolute atomic E-state index is 0.0475. The number of hydrogen-bond donors (Lipinski definition) is 2. The number of benzene rings is 1. The maximum absolute atomic E-state index is 12.7. The van der Waals surface area contributed by atoms with Gasteiger partial charge in [-0.15, -0.1) is 11.3 Å². The van der Waals surface area contributed by atoms with Gasteiger partial charge in [0.05, 0.1) is 10.9 Å². The van der Waals surface area contributed by atoms with Crippen molar-refractivity contribution in [1.82, 2.24) is 13.9 Å². The number of piperazine rings is 1. The van der Waals surface area contributed by atoms with E-state index in [0.717, 1.165) is 10.1 Å². The third-order valence-electron chi connectivity index (χ3n) is 4.28. The van der Waals surface area contributed by atoms with Crippen LogP contribution in [0.2, 0.25) is 0 Å². The molecule has 2 aliphatic heterocycles. The number of nitrogen functional groups attached to an aromatic ring is 1. The highest BCUT2D eigenvalue weighted by atomic mass is 32.2. The summed E-state index contributed by atoms with van der Waals surface area (Å²) < 4.78 is 28.6. The van der Waals surface area contributed by atoms with Crippen LogP contribution in [0.3, 0.4) is 0 Å². The standard InChI is InChI=1S/C14H16N4O3S2/c15-10-1-2-12-9(5-10)6-13(22-12)14(19)17-3-4-18-11(8-17)7-16-23(18,20)21/h1-2,5-6,11,16H,3-4,7-8,15H2. The first-order valence-corrected chi connectivity index (χ1v) is 9.54. The fraction of sp³-hybridized carbons (Fsp3) is 0.357. The molecule has 2 saturated heterocycles. The molecule has 7 nitrogen and oxygen atoms in total. The van der Waals surface area contributed by atoms with Crippen molar-refractivity contribution < 1.29 is 13.2 Å². The molecule has 0 radical (unpaired) electrons. The highest BCUT2D eigenvalue weighted by molar-refractivity contribution is 7.87. The first-order chi connectivity index (χ1) is 10.9. The molecule has 3 heterocycles. The Bertz CT molecular complexity index is 893. The van der Waals surface area contributed by atoms with E-state index in [1.54, 1.807) is 4.90 Å². The number of amides is 1. The summed E-state index contributed by atoms with van der Waals surface area (Å²) in [5.41, 5.74) is 6.45. The Morgan fingerprint density at radius 3 is 2.96 bits per heavy atom. The lowest BCUT2D eigenvalue weighted by Crippen LogP contribution is -2.53. The lowest BCUT2D eigenvalue weighted by atomic mass is 10.2. The summed E-state index contributed by atoms with van der Waals surface area (Å²) in [5.74, 6) is -0.0475. The molecule has 0 saturated carbocycles. The predicted molar refractivity (Wildman–Crippen MR) is 89.6 cm³/mol. The van der Waals surface area contributed by atoms with E-state index in [1.165, 1.54) is 15.6 Å². The summed E-state index contributed by atoms with van der Waals surface area (Å²) in [6, 6.07) is 7.27. The van der Waals surface area contributed by atoms with Gasteiger partial charge in [0.1, 0.15) is 0 Å². The molecule has 1 aromatic carbocycles. The SMILES string of the molecule is Nc1ccc2sc(C(=O)N3CCN4C(CNS4(=O)=O)C3)cc2c1. The molecule has 4 rings (SSSR count). The number of hydrogen-bond acceptors (Lipinski definition) is 5. The quantitative estimate of drug-likeness (QED) is 0.729. The van der Waals surface area contributed by atoms with Gasteiger partial charge in [0, 0.05) is 36.6 Å². The number of nitrogens with two attached hydrogens (primary N) is 1. The molecular formula is C14H16N4O3S2. The summed E-state index contributed by atoms with van der Waals surface area (Å²) in [6.45, 7) is 1.52. The van der Waals surface area contributed by atoms with Crippen LogP contribution in [0.1, 0.15) is 9.67 Å². The molecule has 2 aliphatic rings. The van der Waals surface area contributed by atoms with Crippen LogP contribution in [0.4, 0.5) is 5.69 Å². The van der Waals surface area contributed by atoms with Crippen LogP contribution in [-0.2, 0) is 10.2 Å². The van der Waals surface area contributed by atoms with Gasteiger partial charge in [0.2, 0.25) is 0 Å². The first-order valence-electron chi connectivity index (χ1n) is 7.29. The second-order valence-corrected chi connectivity index (χ2v) is 8.57. The molecular weight excluding hydrogens is 336 g/mol. The van der Waals surface area contributed by atoms with E-state index in [4.69, 9.17) is 5.73 Å². The Morgan fingerprint density at radius 1 is 1.30 bits per heavy atom. The molecule has 0 spiro atoms. The fourth-order valence-electron chi connectivity index (χ4n) is 3.11. The Kier molecular flexibility index (Phi) is 3.34. The Morgan fingerprint density at radius 2 is 2.13 bits per heavy atom. The van der Waals surface area contributed by atoms with Gasteiger partial charge in [0.25, 0.3) is 16.1 Å². The maximum Gasteiger partial charge on any atom is 0.279 e. The van der Waals surface area contributed by atoms with Crippen molar-refractivity contribution >= 4 is 43.2 Å². The van der Waals surface area contributed by atoms with E-state index in [-0.39, 0.29) is 11.9 Å². The summed E-state index contributed by atoms with van der Waals surface area (Å²) in [7, 11) is -3.35. The topological polar surface area (TPSA) is 95.7 Å². The van der Waals surface area contributed by atoms with E-state index in [1.807, 2.05) is 24.3 Å². The monoisotopic (exact) mass is 352 g/mol. The average molecular weight is 352 g/mol. The zero-order valence-corrected chi connectivity index (χ0v) is 13.9. The van der Waals surface area contributed by atoms with Crippen LogP contribution < -0.4 is 10.5 Å². The van der Waals surface area contributed by atoms with Crippen molar-refractivity contribution in [2.75, 3.05) is 31.9 Å². The number of fused-ring (bicyclic) bond motifs is 2. The van der Waals surface area contributed by atoms with Gasteiger partial charge in [-0.3, -0.25) is 4.79 Å². The van der Waals surface area contributed by atoms with Gasteiger partial charge in [-0.05, 0) is 29.7 Å². The van der Waals surface area contributed by atoms with E-state index >= 15 is 0 Å². The number of carbonyl (C=O) groups excluding carboxylic acids is 1. The van der Waals surface area contributed by atoms with Crippen LogP contribution in [0.5, 0.6) is 0 Å². The van der Waals surface area contributed by atoms with Gasteiger partial charge >= 0.3 is 0 Å². The number of rotatable bonds is 1. The normalized spacial score (nSPS) is 24.0. The zero-order chi connectivity index (χ0) is 16.2. The van der Waals surface area contributed by atoms with Crippen molar-refractivity contribution in [3.05, 3.63) is 29.1 Å². The van der Waals surface area contributed by atoms with E-state index in [9.17, 15) is 13.2 Å². The molecule has 0 aliphatic carbocycles. The van der Waals surface area contributed by atoms with Gasteiger partial charge < -0.3 is 10.6 Å². The van der Waals surface area contributed by atoms with E-state index in [2.05, 4.69) is 4.72 Å². The smallest absolute Gasteiger partial charge is 0.279 e. The average Bonchev–Trinajstić information content (AvgIpc) is 3.07. The van der Waals surface area contributed by atoms with Gasteiger partial charge in [-0.1, -0.05) is 0 Å². The van der Waals surface area contributed by atoms with Crippen molar-refractivity contribution in [3.8, 4) is 0 Å². The minimum Gasteiger partial charge on any atom is -0.399 e. The molecule has 1 amide bonds. The molecule has 2 aromatic rings. The Hall–Kier alpha value is -1.68. The largest absolute Gasteiger partial charge is 0.399 e. The predicted octanol–water partition coefficient (Wildman–Crippen LogP) is 0.458. The highest BCUT2D eigenvalue weighted by Crippen LogP contribution is 2.29.